The number of fused-ring (bicyclic) bond motifs is 1. The predicted molar refractivity (Wildman–Crippen MR) is 94.7 cm³/mol. The third-order valence-electron chi connectivity index (χ3n) is 5.39. The fourth-order valence-electron chi connectivity index (χ4n) is 3.96. The number of pyridine rings is 1. The number of morpholine rings is 1. The van der Waals surface area contributed by atoms with E-state index >= 15 is 0 Å². The molecule has 1 aromatic rings. The molecule has 2 aliphatic heterocycles. The fourth-order valence-corrected chi connectivity index (χ4v) is 3.96. The van der Waals surface area contributed by atoms with E-state index in [9.17, 15) is 4.79 Å². The van der Waals surface area contributed by atoms with Crippen LogP contribution in [0.5, 0.6) is 0 Å². The third-order valence-corrected chi connectivity index (χ3v) is 5.39. The van der Waals surface area contributed by atoms with Gasteiger partial charge in [-0.3, -0.25) is 9.69 Å². The van der Waals surface area contributed by atoms with Crippen molar-refractivity contribution in [2.75, 3.05) is 38.2 Å². The summed E-state index contributed by atoms with van der Waals surface area (Å²) in [5.74, 6) is 0.596. The summed E-state index contributed by atoms with van der Waals surface area (Å²) in [7, 11) is 0. The van der Waals surface area contributed by atoms with Gasteiger partial charge in [-0.2, -0.15) is 0 Å². The molecule has 136 valence electrons. The van der Waals surface area contributed by atoms with Crippen molar-refractivity contribution in [3.8, 4) is 0 Å². The lowest BCUT2D eigenvalue weighted by molar-refractivity contribution is -0.127. The number of ether oxygens (including phenoxy) is 2. The molecular formula is C19H27N3O3. The van der Waals surface area contributed by atoms with Gasteiger partial charge in [-0.1, -0.05) is 6.07 Å². The number of aryl methyl sites for hydroxylation is 2. The molecule has 0 unspecified atom stereocenters. The Morgan fingerprint density at radius 3 is 2.92 bits per heavy atom. The van der Waals surface area contributed by atoms with E-state index in [1.165, 1.54) is 18.4 Å². The molecule has 0 saturated carbocycles. The van der Waals surface area contributed by atoms with Crippen LogP contribution >= 0.6 is 0 Å². The fraction of sp³-hybridized carbons (Fsp3) is 0.684. The Morgan fingerprint density at radius 2 is 2.04 bits per heavy atom. The Kier molecular flexibility index (Phi) is 5.29. The van der Waals surface area contributed by atoms with Crippen molar-refractivity contribution in [2.45, 2.75) is 50.7 Å². The van der Waals surface area contributed by atoms with E-state index < -0.39 is 0 Å². The van der Waals surface area contributed by atoms with Crippen molar-refractivity contribution in [2.24, 2.45) is 0 Å². The molecule has 2 atom stereocenters. The van der Waals surface area contributed by atoms with Crippen LogP contribution in [0.15, 0.2) is 12.1 Å². The monoisotopic (exact) mass is 345 g/mol. The molecule has 6 nitrogen and oxygen atoms in total. The molecule has 2 saturated heterocycles. The number of nitrogens with zero attached hydrogens (tertiary/aromatic N) is 2. The summed E-state index contributed by atoms with van der Waals surface area (Å²) in [4.78, 5) is 19.5. The van der Waals surface area contributed by atoms with E-state index in [1.54, 1.807) is 0 Å². The van der Waals surface area contributed by atoms with Crippen LogP contribution < -0.4 is 5.32 Å². The molecule has 3 heterocycles. The number of anilines is 1. The van der Waals surface area contributed by atoms with E-state index in [0.29, 0.717) is 5.82 Å². The van der Waals surface area contributed by atoms with Crippen LogP contribution in [-0.2, 0) is 27.1 Å². The van der Waals surface area contributed by atoms with Crippen molar-refractivity contribution >= 4 is 11.7 Å². The lowest BCUT2D eigenvalue weighted by atomic mass is 9.96. The van der Waals surface area contributed by atoms with Crippen LogP contribution in [0.4, 0.5) is 5.82 Å². The first-order chi connectivity index (χ1) is 12.3. The Balaban J connectivity index is 1.29. The van der Waals surface area contributed by atoms with Gasteiger partial charge in [0.05, 0.1) is 19.3 Å². The quantitative estimate of drug-likeness (QED) is 0.901. The first kappa shape index (κ1) is 16.9. The number of amides is 1. The number of aromatic nitrogens is 1. The van der Waals surface area contributed by atoms with Crippen LogP contribution in [0, 0.1) is 0 Å². The summed E-state index contributed by atoms with van der Waals surface area (Å²) in [5.41, 5.74) is 2.47. The van der Waals surface area contributed by atoms with Gasteiger partial charge >= 0.3 is 0 Å². The number of rotatable bonds is 4. The second kappa shape index (κ2) is 7.81. The summed E-state index contributed by atoms with van der Waals surface area (Å²) in [6.45, 7) is 4.39. The molecule has 1 N–H and O–H groups in total. The first-order valence-electron chi connectivity index (χ1n) is 9.53. The van der Waals surface area contributed by atoms with Gasteiger partial charge in [0.25, 0.3) is 5.91 Å². The summed E-state index contributed by atoms with van der Waals surface area (Å²) < 4.78 is 11.4. The van der Waals surface area contributed by atoms with Gasteiger partial charge in [-0.25, -0.2) is 4.98 Å². The standard InChI is InChI=1S/C19H27N3O3/c23-19(21-18-8-5-14-3-1-2-4-16(14)20-18)17-7-6-15(25-17)13-22-9-11-24-12-10-22/h5,8,15,17H,1-4,6-7,9-13H2,(H,20,21,23)/t15-,17+/m1/s1. The van der Waals surface area contributed by atoms with Gasteiger partial charge in [0.2, 0.25) is 0 Å². The SMILES string of the molecule is O=C(Nc1ccc2c(n1)CCCC2)[C@@H]1CC[C@H](CN2CCOCC2)O1. The van der Waals surface area contributed by atoms with Gasteiger partial charge < -0.3 is 14.8 Å². The zero-order chi connectivity index (χ0) is 17.1. The third kappa shape index (κ3) is 4.19. The van der Waals surface area contributed by atoms with Gasteiger partial charge in [-0.15, -0.1) is 0 Å². The summed E-state index contributed by atoms with van der Waals surface area (Å²) >= 11 is 0. The highest BCUT2D eigenvalue weighted by molar-refractivity contribution is 5.93. The molecule has 1 aliphatic carbocycles. The van der Waals surface area contributed by atoms with Crippen molar-refractivity contribution in [3.63, 3.8) is 0 Å². The minimum absolute atomic E-state index is 0.0623. The van der Waals surface area contributed by atoms with Crippen LogP contribution in [0.3, 0.4) is 0 Å². The lowest BCUT2D eigenvalue weighted by Gasteiger charge is -2.28. The van der Waals surface area contributed by atoms with Crippen LogP contribution in [-0.4, -0.2) is 60.8 Å². The Labute approximate surface area is 148 Å². The summed E-state index contributed by atoms with van der Waals surface area (Å²) in [5, 5.41) is 2.95. The lowest BCUT2D eigenvalue weighted by Crippen LogP contribution is -2.41. The molecule has 2 fully saturated rings. The number of nitrogens with one attached hydrogen (secondary N) is 1. The van der Waals surface area contributed by atoms with Crippen molar-refractivity contribution in [1.82, 2.24) is 9.88 Å². The minimum atomic E-state index is -0.358. The first-order valence-corrected chi connectivity index (χ1v) is 9.53. The van der Waals surface area contributed by atoms with Crippen LogP contribution in [0.25, 0.3) is 0 Å². The summed E-state index contributed by atoms with van der Waals surface area (Å²) in [6, 6.07) is 4.02. The number of hydrogen-bond acceptors (Lipinski definition) is 5. The average molecular weight is 345 g/mol. The molecule has 0 radical (unpaired) electrons. The van der Waals surface area contributed by atoms with E-state index in [4.69, 9.17) is 9.47 Å². The molecule has 4 rings (SSSR count). The number of hydrogen-bond donors (Lipinski definition) is 1. The largest absolute Gasteiger partial charge is 0.379 e. The van der Waals surface area contributed by atoms with E-state index in [-0.39, 0.29) is 18.1 Å². The smallest absolute Gasteiger partial charge is 0.254 e. The van der Waals surface area contributed by atoms with Crippen molar-refractivity contribution in [3.05, 3.63) is 23.4 Å². The maximum Gasteiger partial charge on any atom is 0.254 e. The van der Waals surface area contributed by atoms with E-state index in [0.717, 1.165) is 64.2 Å². The topological polar surface area (TPSA) is 63.7 Å². The molecule has 25 heavy (non-hydrogen) atoms. The van der Waals surface area contributed by atoms with Gasteiger partial charge in [0.1, 0.15) is 11.9 Å². The van der Waals surface area contributed by atoms with E-state index in [1.807, 2.05) is 6.07 Å². The van der Waals surface area contributed by atoms with Gasteiger partial charge in [0, 0.05) is 25.3 Å². The Hall–Kier alpha value is -1.50. The molecule has 0 spiro atoms. The second-order valence-corrected chi connectivity index (χ2v) is 7.24. The van der Waals surface area contributed by atoms with E-state index in [2.05, 4.69) is 21.3 Å². The summed E-state index contributed by atoms with van der Waals surface area (Å²) in [6.07, 6.45) is 6.05. The van der Waals surface area contributed by atoms with Gasteiger partial charge in [-0.05, 0) is 50.2 Å². The number of carbonyl (C=O) groups excluding carboxylic acids is 1. The van der Waals surface area contributed by atoms with Crippen molar-refractivity contribution < 1.29 is 14.3 Å². The Bertz CT molecular complexity index is 616. The maximum absolute atomic E-state index is 12.5. The highest BCUT2D eigenvalue weighted by Gasteiger charge is 2.32. The maximum atomic E-state index is 12.5. The van der Waals surface area contributed by atoms with Crippen LogP contribution in [0.1, 0.15) is 36.9 Å². The Morgan fingerprint density at radius 1 is 1.20 bits per heavy atom. The molecular weight excluding hydrogens is 318 g/mol. The zero-order valence-corrected chi connectivity index (χ0v) is 14.7. The second-order valence-electron chi connectivity index (χ2n) is 7.24. The average Bonchev–Trinajstić information content (AvgIpc) is 3.11. The number of carbonyl (C=O) groups is 1. The van der Waals surface area contributed by atoms with Crippen LogP contribution in [0.2, 0.25) is 0 Å². The highest BCUT2D eigenvalue weighted by atomic mass is 16.5. The van der Waals surface area contributed by atoms with Gasteiger partial charge in [0.15, 0.2) is 0 Å². The molecule has 0 aromatic carbocycles. The molecule has 1 aromatic heterocycles. The molecule has 0 bridgehead atoms. The minimum Gasteiger partial charge on any atom is -0.379 e. The van der Waals surface area contributed by atoms with Crippen molar-refractivity contribution in [1.29, 1.82) is 0 Å². The zero-order valence-electron chi connectivity index (χ0n) is 14.7. The predicted octanol–water partition coefficient (Wildman–Crippen LogP) is 1.78. The highest BCUT2D eigenvalue weighted by Crippen LogP contribution is 2.24. The molecule has 1 amide bonds. The molecule has 6 heteroatoms. The normalized spacial score (nSPS) is 27.0. The molecule has 3 aliphatic rings.